The van der Waals surface area contributed by atoms with Gasteiger partial charge in [0.15, 0.2) is 11.6 Å². The first-order valence-corrected chi connectivity index (χ1v) is 5.12. The Morgan fingerprint density at radius 3 is 2.65 bits per heavy atom. The van der Waals surface area contributed by atoms with E-state index in [2.05, 4.69) is 9.97 Å². The van der Waals surface area contributed by atoms with E-state index in [0.717, 1.165) is 12.1 Å². The van der Waals surface area contributed by atoms with Gasteiger partial charge in [0.05, 0.1) is 11.7 Å². The lowest BCUT2D eigenvalue weighted by Gasteiger charge is -2.10. The van der Waals surface area contributed by atoms with Crippen LogP contribution in [-0.2, 0) is 6.42 Å². The molecule has 0 saturated heterocycles. The number of benzene rings is 1. The first-order valence-electron chi connectivity index (χ1n) is 5.12. The molecular formula is C12H11F2N3. The molecule has 1 atom stereocenters. The zero-order valence-corrected chi connectivity index (χ0v) is 8.98. The number of nitrogens with two attached hydrogens (primary N) is 1. The highest BCUT2D eigenvalue weighted by molar-refractivity contribution is 5.20. The molecule has 1 heterocycles. The Labute approximate surface area is 97.3 Å². The van der Waals surface area contributed by atoms with Crippen LogP contribution in [0.2, 0.25) is 0 Å². The lowest BCUT2D eigenvalue weighted by Crippen LogP contribution is -2.15. The van der Waals surface area contributed by atoms with Crippen LogP contribution >= 0.6 is 0 Å². The molecule has 17 heavy (non-hydrogen) atoms. The molecule has 0 amide bonds. The van der Waals surface area contributed by atoms with Crippen molar-refractivity contribution in [1.82, 2.24) is 9.97 Å². The lowest BCUT2D eigenvalue weighted by atomic mass is 10.0. The molecule has 0 bridgehead atoms. The summed E-state index contributed by atoms with van der Waals surface area (Å²) in [6.07, 6.45) is 5.04. The maximum absolute atomic E-state index is 13.0. The molecule has 2 rings (SSSR count). The predicted molar refractivity (Wildman–Crippen MR) is 59.0 cm³/mol. The van der Waals surface area contributed by atoms with Gasteiger partial charge < -0.3 is 5.73 Å². The van der Waals surface area contributed by atoms with Crippen LogP contribution in [0.3, 0.4) is 0 Å². The van der Waals surface area contributed by atoms with Crippen molar-refractivity contribution in [2.45, 2.75) is 12.5 Å². The van der Waals surface area contributed by atoms with Gasteiger partial charge in [0.25, 0.3) is 0 Å². The Morgan fingerprint density at radius 2 is 2.00 bits per heavy atom. The van der Waals surface area contributed by atoms with Crippen molar-refractivity contribution in [3.05, 3.63) is 59.7 Å². The fourth-order valence-electron chi connectivity index (χ4n) is 1.53. The minimum absolute atomic E-state index is 0.381. The normalized spacial score (nSPS) is 12.4. The SMILES string of the molecule is NC(Cc1ccc(F)c(F)c1)c1cnccn1. The van der Waals surface area contributed by atoms with Gasteiger partial charge in [-0.3, -0.25) is 9.97 Å². The number of hydrogen-bond acceptors (Lipinski definition) is 3. The molecule has 0 fully saturated rings. The zero-order valence-electron chi connectivity index (χ0n) is 8.98. The van der Waals surface area contributed by atoms with Crippen LogP contribution in [0.1, 0.15) is 17.3 Å². The summed E-state index contributed by atoms with van der Waals surface area (Å²) in [7, 11) is 0. The van der Waals surface area contributed by atoms with E-state index in [1.165, 1.54) is 6.07 Å². The summed E-state index contributed by atoms with van der Waals surface area (Å²) in [5.74, 6) is -1.73. The average molecular weight is 235 g/mol. The van der Waals surface area contributed by atoms with Gasteiger partial charge in [-0.1, -0.05) is 6.07 Å². The van der Waals surface area contributed by atoms with Crippen molar-refractivity contribution < 1.29 is 8.78 Å². The lowest BCUT2D eigenvalue weighted by molar-refractivity contribution is 0.506. The number of rotatable bonds is 3. The fourth-order valence-corrected chi connectivity index (χ4v) is 1.53. The molecule has 2 N–H and O–H groups in total. The molecule has 1 aromatic carbocycles. The summed E-state index contributed by atoms with van der Waals surface area (Å²) in [6, 6.07) is 3.36. The molecular weight excluding hydrogens is 224 g/mol. The van der Waals surface area contributed by atoms with E-state index >= 15 is 0 Å². The van der Waals surface area contributed by atoms with Crippen molar-refractivity contribution in [3.63, 3.8) is 0 Å². The van der Waals surface area contributed by atoms with E-state index in [-0.39, 0.29) is 6.04 Å². The van der Waals surface area contributed by atoms with Gasteiger partial charge in [0.2, 0.25) is 0 Å². The van der Waals surface area contributed by atoms with Crippen LogP contribution in [-0.4, -0.2) is 9.97 Å². The van der Waals surface area contributed by atoms with Crippen molar-refractivity contribution in [1.29, 1.82) is 0 Å². The maximum Gasteiger partial charge on any atom is 0.159 e. The quantitative estimate of drug-likeness (QED) is 0.885. The second-order valence-electron chi connectivity index (χ2n) is 3.69. The second kappa shape index (κ2) is 4.97. The summed E-state index contributed by atoms with van der Waals surface area (Å²) in [6.45, 7) is 0. The number of hydrogen-bond donors (Lipinski definition) is 1. The molecule has 0 radical (unpaired) electrons. The van der Waals surface area contributed by atoms with Crippen molar-refractivity contribution in [2.24, 2.45) is 5.73 Å². The largest absolute Gasteiger partial charge is 0.322 e. The summed E-state index contributed by atoms with van der Waals surface area (Å²) in [5.41, 5.74) is 7.15. The molecule has 3 nitrogen and oxygen atoms in total. The minimum Gasteiger partial charge on any atom is -0.322 e. The average Bonchev–Trinajstić information content (AvgIpc) is 2.35. The molecule has 1 aromatic heterocycles. The number of aromatic nitrogens is 2. The molecule has 0 spiro atoms. The third-order valence-electron chi connectivity index (χ3n) is 2.40. The van der Waals surface area contributed by atoms with Gasteiger partial charge >= 0.3 is 0 Å². The van der Waals surface area contributed by atoms with Crippen molar-refractivity contribution in [3.8, 4) is 0 Å². The summed E-state index contributed by atoms with van der Waals surface area (Å²) in [5, 5.41) is 0. The highest BCUT2D eigenvalue weighted by Gasteiger charge is 2.10. The zero-order chi connectivity index (χ0) is 12.3. The van der Waals surface area contributed by atoms with E-state index in [9.17, 15) is 8.78 Å². The Balaban J connectivity index is 2.13. The van der Waals surface area contributed by atoms with E-state index in [1.54, 1.807) is 18.6 Å². The molecule has 0 saturated carbocycles. The molecule has 0 aliphatic carbocycles. The Kier molecular flexibility index (Phi) is 3.39. The topological polar surface area (TPSA) is 51.8 Å². The standard InChI is InChI=1S/C12H11F2N3/c13-9-2-1-8(5-10(9)14)6-11(15)12-7-16-3-4-17-12/h1-5,7,11H,6,15H2. The number of nitrogens with zero attached hydrogens (tertiary/aromatic N) is 2. The fraction of sp³-hybridized carbons (Fsp3) is 0.167. The first-order chi connectivity index (χ1) is 8.16. The van der Waals surface area contributed by atoms with E-state index < -0.39 is 11.6 Å². The molecule has 88 valence electrons. The van der Waals surface area contributed by atoms with Gasteiger partial charge in [0, 0.05) is 18.6 Å². The van der Waals surface area contributed by atoms with Gasteiger partial charge in [-0.25, -0.2) is 8.78 Å². The van der Waals surface area contributed by atoms with Gasteiger partial charge in [-0.15, -0.1) is 0 Å². The number of halogens is 2. The van der Waals surface area contributed by atoms with Gasteiger partial charge in [-0.2, -0.15) is 0 Å². The van der Waals surface area contributed by atoms with Crippen LogP contribution in [0.5, 0.6) is 0 Å². The molecule has 5 heteroatoms. The Bertz CT molecular complexity index is 502. The molecule has 0 aliphatic heterocycles. The van der Waals surface area contributed by atoms with Gasteiger partial charge in [-0.05, 0) is 24.1 Å². The summed E-state index contributed by atoms with van der Waals surface area (Å²) in [4.78, 5) is 7.96. The summed E-state index contributed by atoms with van der Waals surface area (Å²) < 4.78 is 25.7. The van der Waals surface area contributed by atoms with Crippen LogP contribution in [0, 0.1) is 11.6 Å². The highest BCUT2D eigenvalue weighted by atomic mass is 19.2. The van der Waals surface area contributed by atoms with Crippen LogP contribution in [0.15, 0.2) is 36.8 Å². The van der Waals surface area contributed by atoms with E-state index in [4.69, 9.17) is 5.73 Å². The first kappa shape index (κ1) is 11.6. The highest BCUT2D eigenvalue weighted by Crippen LogP contribution is 2.15. The third kappa shape index (κ3) is 2.82. The Hall–Kier alpha value is -1.88. The van der Waals surface area contributed by atoms with Crippen LogP contribution in [0.4, 0.5) is 8.78 Å². The van der Waals surface area contributed by atoms with E-state index in [1.807, 2.05) is 0 Å². The smallest absolute Gasteiger partial charge is 0.159 e. The maximum atomic E-state index is 13.0. The van der Waals surface area contributed by atoms with Crippen molar-refractivity contribution in [2.75, 3.05) is 0 Å². The second-order valence-corrected chi connectivity index (χ2v) is 3.69. The Morgan fingerprint density at radius 1 is 1.18 bits per heavy atom. The molecule has 2 aromatic rings. The predicted octanol–water partition coefficient (Wildman–Crippen LogP) is 2.00. The van der Waals surface area contributed by atoms with Crippen molar-refractivity contribution >= 4 is 0 Å². The third-order valence-corrected chi connectivity index (χ3v) is 2.40. The van der Waals surface area contributed by atoms with Crippen LogP contribution in [0.25, 0.3) is 0 Å². The van der Waals surface area contributed by atoms with Gasteiger partial charge in [0.1, 0.15) is 0 Å². The van der Waals surface area contributed by atoms with E-state index in [0.29, 0.717) is 17.7 Å². The molecule has 0 aliphatic rings. The monoisotopic (exact) mass is 235 g/mol. The van der Waals surface area contributed by atoms with Crippen LogP contribution < -0.4 is 5.73 Å². The minimum atomic E-state index is -0.867. The molecule has 1 unspecified atom stereocenters. The summed E-state index contributed by atoms with van der Waals surface area (Å²) >= 11 is 0.